The smallest absolute Gasteiger partial charge is 0.348 e. The molecule has 0 aromatic carbocycles. The van der Waals surface area contributed by atoms with Crippen LogP contribution < -0.4 is 0 Å². The Kier molecular flexibility index (Phi) is 2.98. The lowest BCUT2D eigenvalue weighted by atomic mass is 9.90. The summed E-state index contributed by atoms with van der Waals surface area (Å²) in [5.74, 6) is -0.766. The molecule has 0 N–H and O–H groups in total. The summed E-state index contributed by atoms with van der Waals surface area (Å²) >= 11 is 0. The number of ether oxygens (including phenoxy) is 2. The first kappa shape index (κ1) is 12.1. The van der Waals surface area contributed by atoms with Gasteiger partial charge in [0.2, 0.25) is 6.10 Å². The van der Waals surface area contributed by atoms with Crippen molar-refractivity contribution in [1.29, 1.82) is 0 Å². The summed E-state index contributed by atoms with van der Waals surface area (Å²) in [6.45, 7) is 5.56. The molecule has 1 saturated heterocycles. The van der Waals surface area contributed by atoms with Crippen molar-refractivity contribution in [3.05, 3.63) is 12.2 Å². The molecule has 0 bridgehead atoms. The minimum atomic E-state index is -0.728. The van der Waals surface area contributed by atoms with Crippen LogP contribution in [0.25, 0.3) is 0 Å². The summed E-state index contributed by atoms with van der Waals surface area (Å²) in [5, 5.41) is 0. The Bertz CT molecular complexity index is 370. The first-order valence-corrected chi connectivity index (χ1v) is 6.04. The van der Waals surface area contributed by atoms with Gasteiger partial charge < -0.3 is 9.47 Å². The van der Waals surface area contributed by atoms with E-state index in [2.05, 4.69) is 0 Å². The highest BCUT2D eigenvalue weighted by molar-refractivity contribution is 5.83. The van der Waals surface area contributed by atoms with Crippen LogP contribution in [-0.4, -0.2) is 24.1 Å². The standard InChI is InChI=1S/C13H18O4/c1-4-13(2,3)12(15)17-10-8-6-5-7-9(8)16-11(10)14/h5,7-10H,4,6H2,1-3H3. The third-order valence-corrected chi connectivity index (χ3v) is 3.70. The van der Waals surface area contributed by atoms with Crippen molar-refractivity contribution in [2.24, 2.45) is 11.3 Å². The zero-order valence-electron chi connectivity index (χ0n) is 10.4. The lowest BCUT2D eigenvalue weighted by Gasteiger charge is -2.23. The number of fused-ring (bicyclic) bond motifs is 1. The van der Waals surface area contributed by atoms with E-state index in [0.29, 0.717) is 6.42 Å². The molecule has 4 nitrogen and oxygen atoms in total. The van der Waals surface area contributed by atoms with Crippen LogP contribution in [-0.2, 0) is 19.1 Å². The van der Waals surface area contributed by atoms with E-state index in [-0.39, 0.29) is 18.0 Å². The Morgan fingerprint density at radius 1 is 1.59 bits per heavy atom. The van der Waals surface area contributed by atoms with E-state index in [4.69, 9.17) is 9.47 Å². The zero-order valence-corrected chi connectivity index (χ0v) is 10.4. The monoisotopic (exact) mass is 238 g/mol. The normalized spacial score (nSPS) is 31.2. The molecule has 0 saturated carbocycles. The quantitative estimate of drug-likeness (QED) is 0.556. The fourth-order valence-electron chi connectivity index (χ4n) is 2.00. The van der Waals surface area contributed by atoms with Gasteiger partial charge in [-0.2, -0.15) is 0 Å². The number of rotatable bonds is 3. The van der Waals surface area contributed by atoms with Crippen molar-refractivity contribution in [1.82, 2.24) is 0 Å². The number of carbonyl (C=O) groups is 2. The third kappa shape index (κ3) is 2.08. The van der Waals surface area contributed by atoms with E-state index in [1.54, 1.807) is 0 Å². The van der Waals surface area contributed by atoms with Crippen LogP contribution in [0.4, 0.5) is 0 Å². The largest absolute Gasteiger partial charge is 0.455 e. The Morgan fingerprint density at radius 3 is 2.94 bits per heavy atom. The molecule has 0 spiro atoms. The Labute approximate surface area is 101 Å². The van der Waals surface area contributed by atoms with Crippen LogP contribution in [0.15, 0.2) is 12.2 Å². The average molecular weight is 238 g/mol. The highest BCUT2D eigenvalue weighted by Crippen LogP contribution is 2.35. The van der Waals surface area contributed by atoms with Crippen molar-refractivity contribution in [2.45, 2.75) is 45.8 Å². The van der Waals surface area contributed by atoms with Gasteiger partial charge in [-0.15, -0.1) is 0 Å². The topological polar surface area (TPSA) is 52.6 Å². The molecule has 1 heterocycles. The zero-order chi connectivity index (χ0) is 12.6. The molecule has 17 heavy (non-hydrogen) atoms. The van der Waals surface area contributed by atoms with Gasteiger partial charge in [-0.25, -0.2) is 4.79 Å². The third-order valence-electron chi connectivity index (χ3n) is 3.70. The molecule has 1 fully saturated rings. The van der Waals surface area contributed by atoms with Crippen molar-refractivity contribution in [2.75, 3.05) is 0 Å². The summed E-state index contributed by atoms with van der Waals surface area (Å²) in [6, 6.07) is 0. The summed E-state index contributed by atoms with van der Waals surface area (Å²) in [6.07, 6.45) is 4.31. The van der Waals surface area contributed by atoms with Gasteiger partial charge in [0.15, 0.2) is 0 Å². The van der Waals surface area contributed by atoms with E-state index in [9.17, 15) is 9.59 Å². The van der Waals surface area contributed by atoms with Crippen LogP contribution in [0.5, 0.6) is 0 Å². The molecule has 4 heteroatoms. The molecule has 0 aromatic rings. The molecule has 0 aromatic heterocycles. The van der Waals surface area contributed by atoms with E-state index in [0.717, 1.165) is 6.42 Å². The molecule has 2 aliphatic rings. The molecule has 1 aliphatic heterocycles. The highest BCUT2D eigenvalue weighted by Gasteiger charge is 2.48. The first-order chi connectivity index (χ1) is 7.95. The predicted octanol–water partition coefficient (Wildman–Crippen LogP) is 1.84. The second-order valence-electron chi connectivity index (χ2n) is 5.29. The Morgan fingerprint density at radius 2 is 2.29 bits per heavy atom. The number of hydrogen-bond acceptors (Lipinski definition) is 4. The van der Waals surface area contributed by atoms with E-state index < -0.39 is 17.5 Å². The summed E-state index contributed by atoms with van der Waals surface area (Å²) in [5.41, 5.74) is -0.551. The second-order valence-corrected chi connectivity index (χ2v) is 5.29. The van der Waals surface area contributed by atoms with Crippen LogP contribution in [0.3, 0.4) is 0 Å². The average Bonchev–Trinajstić information content (AvgIpc) is 2.82. The van der Waals surface area contributed by atoms with Crippen molar-refractivity contribution >= 4 is 11.9 Å². The maximum Gasteiger partial charge on any atom is 0.348 e. The molecule has 94 valence electrons. The minimum absolute atomic E-state index is 0.0286. The van der Waals surface area contributed by atoms with Crippen molar-refractivity contribution in [3.63, 3.8) is 0 Å². The van der Waals surface area contributed by atoms with E-state index in [1.165, 1.54) is 0 Å². The van der Waals surface area contributed by atoms with Crippen molar-refractivity contribution in [3.8, 4) is 0 Å². The molecule has 3 unspecified atom stereocenters. The SMILES string of the molecule is CCC(C)(C)C(=O)OC1C(=O)OC2C=CCC21. The number of allylic oxidation sites excluding steroid dienone is 1. The second kappa shape index (κ2) is 4.17. The summed E-state index contributed by atoms with van der Waals surface area (Å²) in [7, 11) is 0. The molecular weight excluding hydrogens is 220 g/mol. The minimum Gasteiger partial charge on any atom is -0.455 e. The molecular formula is C13H18O4. The maximum absolute atomic E-state index is 11.9. The summed E-state index contributed by atoms with van der Waals surface area (Å²) in [4.78, 5) is 23.5. The van der Waals surface area contributed by atoms with Gasteiger partial charge in [-0.05, 0) is 32.8 Å². The number of carbonyl (C=O) groups excluding carboxylic acids is 2. The van der Waals surface area contributed by atoms with Gasteiger partial charge in [0.05, 0.1) is 11.3 Å². The highest BCUT2D eigenvalue weighted by atomic mass is 16.6. The van der Waals surface area contributed by atoms with Gasteiger partial charge in [-0.3, -0.25) is 4.79 Å². The lowest BCUT2D eigenvalue weighted by molar-refractivity contribution is -0.168. The molecule has 0 radical (unpaired) electrons. The predicted molar refractivity (Wildman–Crippen MR) is 61.1 cm³/mol. The molecule has 2 rings (SSSR count). The van der Waals surface area contributed by atoms with Gasteiger partial charge in [0, 0.05) is 0 Å². The van der Waals surface area contributed by atoms with E-state index in [1.807, 2.05) is 32.9 Å². The van der Waals surface area contributed by atoms with Gasteiger partial charge in [-0.1, -0.05) is 13.0 Å². The fraction of sp³-hybridized carbons (Fsp3) is 0.692. The first-order valence-electron chi connectivity index (χ1n) is 6.04. The van der Waals surface area contributed by atoms with Crippen LogP contribution in [0, 0.1) is 11.3 Å². The number of hydrogen-bond donors (Lipinski definition) is 0. The van der Waals surface area contributed by atoms with Crippen LogP contribution >= 0.6 is 0 Å². The molecule has 0 amide bonds. The van der Waals surface area contributed by atoms with Gasteiger partial charge in [0.1, 0.15) is 6.10 Å². The van der Waals surface area contributed by atoms with Gasteiger partial charge in [0.25, 0.3) is 0 Å². The fourth-order valence-corrected chi connectivity index (χ4v) is 2.00. The van der Waals surface area contributed by atoms with Crippen molar-refractivity contribution < 1.29 is 19.1 Å². The van der Waals surface area contributed by atoms with E-state index >= 15 is 0 Å². The molecule has 1 aliphatic carbocycles. The van der Waals surface area contributed by atoms with Gasteiger partial charge >= 0.3 is 11.9 Å². The van der Waals surface area contributed by atoms with Crippen LogP contribution in [0.1, 0.15) is 33.6 Å². The Balaban J connectivity index is 2.04. The maximum atomic E-state index is 11.9. The number of esters is 2. The Hall–Kier alpha value is -1.32. The lowest BCUT2D eigenvalue weighted by Crippen LogP contribution is -2.35. The molecule has 3 atom stereocenters. The van der Waals surface area contributed by atoms with Crippen LogP contribution in [0.2, 0.25) is 0 Å². The summed E-state index contributed by atoms with van der Waals surface area (Å²) < 4.78 is 10.5.